The van der Waals surface area contributed by atoms with Crippen molar-refractivity contribution in [1.82, 2.24) is 14.9 Å². The molecular weight excluding hydrogens is 505 g/mol. The van der Waals surface area contributed by atoms with Crippen LogP contribution < -0.4 is 15.0 Å². The first-order valence-electron chi connectivity index (χ1n) is 12.0. The van der Waals surface area contributed by atoms with Gasteiger partial charge >= 0.3 is 0 Å². The number of pyridine rings is 1. The highest BCUT2D eigenvalue weighted by molar-refractivity contribution is 7.80. The number of halogens is 1. The zero-order valence-corrected chi connectivity index (χ0v) is 22.1. The fourth-order valence-corrected chi connectivity index (χ4v) is 5.50. The number of nitro benzene ring substituents is 1. The standard InChI is InChI=1S/C28H26FN5O3S/c1-16-13-19(8-10-22(16)29)33-27(26(31-28(33)38)23-7-5-6-12-30-23)21-14-17(2)32(18(21)3)24-15-20(34(35)36)9-11-25(24)37-4/h5-15,26-27H,1-4H3,(H,31,38)/t26-,27+/m0/s1. The molecule has 38 heavy (non-hydrogen) atoms. The fourth-order valence-electron chi connectivity index (χ4n) is 5.15. The largest absolute Gasteiger partial charge is 0.495 e. The zero-order chi connectivity index (χ0) is 27.1. The number of non-ortho nitro benzene ring substituents is 1. The van der Waals surface area contributed by atoms with Crippen LogP contribution in [0.15, 0.2) is 66.9 Å². The summed E-state index contributed by atoms with van der Waals surface area (Å²) in [6.07, 6.45) is 1.74. The van der Waals surface area contributed by atoms with Crippen LogP contribution in [0.2, 0.25) is 0 Å². The van der Waals surface area contributed by atoms with E-state index in [2.05, 4.69) is 10.3 Å². The molecule has 5 rings (SSSR count). The smallest absolute Gasteiger partial charge is 0.271 e. The third kappa shape index (κ3) is 4.26. The van der Waals surface area contributed by atoms with Gasteiger partial charge in [0.1, 0.15) is 11.6 Å². The number of methoxy groups -OCH3 is 1. The van der Waals surface area contributed by atoms with Gasteiger partial charge in [-0.2, -0.15) is 0 Å². The molecule has 1 aliphatic heterocycles. The Bertz CT molecular complexity index is 1560. The van der Waals surface area contributed by atoms with Crippen molar-refractivity contribution in [2.45, 2.75) is 32.9 Å². The second-order valence-corrected chi connectivity index (χ2v) is 9.59. The maximum atomic E-state index is 14.2. The van der Waals surface area contributed by atoms with Gasteiger partial charge in [-0.15, -0.1) is 0 Å². The SMILES string of the molecule is COc1ccc([N+](=O)[O-])cc1-n1c(C)cc([C@@H]2[C@H](c3ccccn3)NC(=S)N2c2ccc(F)c(C)c2)c1C. The second kappa shape index (κ2) is 9.86. The van der Waals surface area contributed by atoms with Crippen LogP contribution in [0.1, 0.15) is 40.3 Å². The number of rotatable bonds is 6. The molecule has 3 heterocycles. The number of thiocarbonyl (C=S) groups is 1. The Morgan fingerprint density at radius 3 is 2.55 bits per heavy atom. The monoisotopic (exact) mass is 531 g/mol. The number of nitrogens with one attached hydrogen (secondary N) is 1. The topological polar surface area (TPSA) is 85.5 Å². The van der Waals surface area contributed by atoms with Gasteiger partial charge in [0.05, 0.1) is 35.5 Å². The molecule has 1 aliphatic rings. The van der Waals surface area contributed by atoms with Crippen LogP contribution in [0.25, 0.3) is 5.69 Å². The summed E-state index contributed by atoms with van der Waals surface area (Å²) in [5.74, 6) is 0.219. The summed E-state index contributed by atoms with van der Waals surface area (Å²) >= 11 is 5.81. The summed E-state index contributed by atoms with van der Waals surface area (Å²) in [5.41, 5.74) is 5.27. The van der Waals surface area contributed by atoms with Crippen LogP contribution in [0.5, 0.6) is 5.75 Å². The zero-order valence-electron chi connectivity index (χ0n) is 21.3. The molecule has 0 aliphatic carbocycles. The van der Waals surface area contributed by atoms with Crippen LogP contribution in [0, 0.1) is 36.7 Å². The highest BCUT2D eigenvalue weighted by Gasteiger charge is 2.42. The summed E-state index contributed by atoms with van der Waals surface area (Å²) in [6, 6.07) is 16.6. The van der Waals surface area contributed by atoms with E-state index in [4.69, 9.17) is 17.0 Å². The number of hydrogen-bond acceptors (Lipinski definition) is 5. The lowest BCUT2D eigenvalue weighted by Gasteiger charge is -2.28. The number of aromatic nitrogens is 2. The molecule has 1 N–H and O–H groups in total. The van der Waals surface area contributed by atoms with Crippen LogP contribution in [-0.4, -0.2) is 26.7 Å². The Morgan fingerprint density at radius 2 is 1.89 bits per heavy atom. The van der Waals surface area contributed by atoms with Crippen molar-refractivity contribution >= 4 is 28.7 Å². The van der Waals surface area contributed by atoms with Crippen LogP contribution >= 0.6 is 12.2 Å². The summed E-state index contributed by atoms with van der Waals surface area (Å²) < 4.78 is 21.7. The second-order valence-electron chi connectivity index (χ2n) is 9.21. The molecule has 0 bridgehead atoms. The van der Waals surface area contributed by atoms with E-state index in [0.717, 1.165) is 28.3 Å². The normalized spacial score (nSPS) is 17.0. The van der Waals surface area contributed by atoms with Gasteiger partial charge in [0.15, 0.2) is 5.11 Å². The van der Waals surface area contributed by atoms with Crippen LogP contribution in [0.3, 0.4) is 0 Å². The Kier molecular flexibility index (Phi) is 6.58. The molecule has 194 valence electrons. The predicted octanol–water partition coefficient (Wildman–Crippen LogP) is 6.03. The van der Waals surface area contributed by atoms with E-state index in [-0.39, 0.29) is 23.6 Å². The van der Waals surface area contributed by atoms with E-state index in [1.54, 1.807) is 31.3 Å². The van der Waals surface area contributed by atoms with Crippen molar-refractivity contribution < 1.29 is 14.1 Å². The molecular formula is C28H26FN5O3S. The number of benzene rings is 2. The third-order valence-corrected chi connectivity index (χ3v) is 7.24. The minimum absolute atomic E-state index is 0.0339. The quantitative estimate of drug-likeness (QED) is 0.185. The average molecular weight is 532 g/mol. The van der Waals surface area contributed by atoms with Gasteiger partial charge in [0.2, 0.25) is 0 Å². The van der Waals surface area contributed by atoms with E-state index in [1.807, 2.05) is 47.6 Å². The molecule has 1 saturated heterocycles. The Morgan fingerprint density at radius 1 is 1.11 bits per heavy atom. The Hall–Kier alpha value is -4.31. The molecule has 1 fully saturated rings. The van der Waals surface area contributed by atoms with Crippen LogP contribution in [-0.2, 0) is 0 Å². The lowest BCUT2D eigenvalue weighted by Crippen LogP contribution is -2.29. The minimum atomic E-state index is -0.424. The first kappa shape index (κ1) is 25.3. The Balaban J connectivity index is 1.71. The molecule has 0 saturated carbocycles. The van der Waals surface area contributed by atoms with E-state index >= 15 is 0 Å². The van der Waals surface area contributed by atoms with Crippen molar-refractivity contribution in [2.75, 3.05) is 12.0 Å². The Labute approximate surface area is 224 Å². The van der Waals surface area contributed by atoms with E-state index in [1.165, 1.54) is 25.3 Å². The number of anilines is 1. The highest BCUT2D eigenvalue weighted by atomic mass is 32.1. The summed E-state index contributed by atoms with van der Waals surface area (Å²) in [5, 5.41) is 15.5. The molecule has 0 spiro atoms. The average Bonchev–Trinajstić information content (AvgIpc) is 3.40. The summed E-state index contributed by atoms with van der Waals surface area (Å²) in [4.78, 5) is 17.7. The predicted molar refractivity (Wildman–Crippen MR) is 148 cm³/mol. The van der Waals surface area contributed by atoms with Crippen molar-refractivity contribution in [1.29, 1.82) is 0 Å². The number of nitro groups is 1. The van der Waals surface area contributed by atoms with Crippen molar-refractivity contribution in [3.8, 4) is 11.4 Å². The molecule has 10 heteroatoms. The van der Waals surface area contributed by atoms with Crippen molar-refractivity contribution in [2.24, 2.45) is 0 Å². The number of hydrogen-bond donors (Lipinski definition) is 1. The summed E-state index contributed by atoms with van der Waals surface area (Å²) in [7, 11) is 1.54. The van der Waals surface area contributed by atoms with Gasteiger partial charge in [0, 0.05) is 35.4 Å². The fraction of sp³-hybridized carbons (Fsp3) is 0.214. The number of ether oxygens (including phenoxy) is 1. The van der Waals surface area contributed by atoms with Crippen molar-refractivity contribution in [3.05, 3.63) is 111 Å². The number of aryl methyl sites for hydroxylation is 2. The molecule has 0 unspecified atom stereocenters. The van der Waals surface area contributed by atoms with E-state index in [9.17, 15) is 14.5 Å². The summed E-state index contributed by atoms with van der Waals surface area (Å²) in [6.45, 7) is 5.63. The maximum absolute atomic E-state index is 14.2. The molecule has 2 aromatic heterocycles. The van der Waals surface area contributed by atoms with Gasteiger partial charge < -0.3 is 19.5 Å². The first-order chi connectivity index (χ1) is 18.2. The molecule has 0 amide bonds. The van der Waals surface area contributed by atoms with Gasteiger partial charge in [-0.25, -0.2) is 4.39 Å². The molecule has 8 nitrogen and oxygen atoms in total. The minimum Gasteiger partial charge on any atom is -0.495 e. The van der Waals surface area contributed by atoms with Gasteiger partial charge in [-0.05, 0) is 86.6 Å². The first-order valence-corrected chi connectivity index (χ1v) is 12.4. The van der Waals surface area contributed by atoms with Gasteiger partial charge in [-0.1, -0.05) is 6.07 Å². The lowest BCUT2D eigenvalue weighted by atomic mass is 9.96. The molecule has 2 aromatic carbocycles. The van der Waals surface area contributed by atoms with Crippen molar-refractivity contribution in [3.63, 3.8) is 0 Å². The van der Waals surface area contributed by atoms with E-state index in [0.29, 0.717) is 22.1 Å². The number of nitrogens with zero attached hydrogens (tertiary/aromatic N) is 4. The maximum Gasteiger partial charge on any atom is 0.271 e. The third-order valence-electron chi connectivity index (χ3n) is 6.92. The lowest BCUT2D eigenvalue weighted by molar-refractivity contribution is -0.384. The molecule has 2 atom stereocenters. The van der Waals surface area contributed by atoms with E-state index < -0.39 is 4.92 Å². The van der Waals surface area contributed by atoms with Gasteiger partial charge in [-0.3, -0.25) is 15.1 Å². The molecule has 4 aromatic rings. The highest BCUT2D eigenvalue weighted by Crippen LogP contribution is 2.44. The van der Waals surface area contributed by atoms with Crippen LogP contribution in [0.4, 0.5) is 15.8 Å². The van der Waals surface area contributed by atoms with Gasteiger partial charge in [0.25, 0.3) is 5.69 Å². The molecule has 0 radical (unpaired) electrons.